The molecule has 1 aromatic carbocycles. The summed E-state index contributed by atoms with van der Waals surface area (Å²) in [6.07, 6.45) is 0.824. The largest absolute Gasteiger partial charge is 0.490 e. The standard InChI is InChI=1S/C20H25ClN2O4S2/c1-13(2)9-10-23-15-11-14(22-29(25,26)18-8-7-17(21)28-18)5-6-16(15)27-12-20(3,4)19(23)24/h5-8,11,13,22H,9-10,12H2,1-4H3. The van der Waals surface area contributed by atoms with Gasteiger partial charge in [0.1, 0.15) is 16.6 Å². The van der Waals surface area contributed by atoms with Crippen LogP contribution < -0.4 is 14.4 Å². The SMILES string of the molecule is CC(C)CCN1C(=O)C(C)(C)COc2ccc(NS(=O)(=O)c3ccc(Cl)s3)cc21. The first-order valence-electron chi connectivity index (χ1n) is 9.36. The summed E-state index contributed by atoms with van der Waals surface area (Å²) >= 11 is 6.85. The summed E-state index contributed by atoms with van der Waals surface area (Å²) in [5.41, 5.74) is 0.258. The Morgan fingerprint density at radius 2 is 2.00 bits per heavy atom. The molecule has 0 bridgehead atoms. The summed E-state index contributed by atoms with van der Waals surface area (Å²) in [6.45, 7) is 8.70. The number of rotatable bonds is 6. The molecule has 0 unspecified atom stereocenters. The van der Waals surface area contributed by atoms with E-state index in [-0.39, 0.29) is 16.7 Å². The van der Waals surface area contributed by atoms with Gasteiger partial charge in [-0.15, -0.1) is 11.3 Å². The zero-order chi connectivity index (χ0) is 21.4. The van der Waals surface area contributed by atoms with Gasteiger partial charge in [0, 0.05) is 6.54 Å². The lowest BCUT2D eigenvalue weighted by molar-refractivity contribution is -0.127. The third-order valence-corrected chi connectivity index (χ3v) is 7.76. The van der Waals surface area contributed by atoms with Crippen molar-refractivity contribution in [1.82, 2.24) is 0 Å². The molecular formula is C20H25ClN2O4S2. The number of halogens is 1. The van der Waals surface area contributed by atoms with E-state index in [4.69, 9.17) is 16.3 Å². The number of carbonyl (C=O) groups excluding carboxylic acids is 1. The van der Waals surface area contributed by atoms with Crippen LogP contribution in [0.15, 0.2) is 34.5 Å². The smallest absolute Gasteiger partial charge is 0.271 e. The molecule has 0 radical (unpaired) electrons. The van der Waals surface area contributed by atoms with E-state index in [1.54, 1.807) is 29.2 Å². The number of thiophene rings is 1. The van der Waals surface area contributed by atoms with E-state index in [1.165, 1.54) is 6.07 Å². The second-order valence-electron chi connectivity index (χ2n) is 8.16. The number of amides is 1. The number of anilines is 2. The molecule has 0 spiro atoms. The van der Waals surface area contributed by atoms with Crippen molar-refractivity contribution < 1.29 is 17.9 Å². The van der Waals surface area contributed by atoms with Gasteiger partial charge in [0.15, 0.2) is 0 Å². The van der Waals surface area contributed by atoms with Crippen LogP contribution in [0.25, 0.3) is 0 Å². The van der Waals surface area contributed by atoms with Crippen molar-refractivity contribution in [3.05, 3.63) is 34.7 Å². The first-order chi connectivity index (χ1) is 13.5. The van der Waals surface area contributed by atoms with Crippen molar-refractivity contribution in [2.75, 3.05) is 22.8 Å². The Labute approximate surface area is 180 Å². The van der Waals surface area contributed by atoms with Crippen molar-refractivity contribution >= 4 is 50.2 Å². The van der Waals surface area contributed by atoms with Gasteiger partial charge in [-0.05, 0) is 56.5 Å². The van der Waals surface area contributed by atoms with Crippen LogP contribution in [0.1, 0.15) is 34.1 Å². The Morgan fingerprint density at radius 3 is 2.62 bits per heavy atom. The number of hydrogen-bond donors (Lipinski definition) is 1. The van der Waals surface area contributed by atoms with E-state index in [1.807, 2.05) is 13.8 Å². The summed E-state index contributed by atoms with van der Waals surface area (Å²) < 4.78 is 34.3. The third kappa shape index (κ3) is 4.87. The number of ether oxygens (including phenoxy) is 1. The van der Waals surface area contributed by atoms with Gasteiger partial charge in [-0.25, -0.2) is 8.42 Å². The van der Waals surface area contributed by atoms with Crippen LogP contribution in [-0.2, 0) is 14.8 Å². The minimum absolute atomic E-state index is 0.0399. The molecule has 1 aliphatic heterocycles. The number of hydrogen-bond acceptors (Lipinski definition) is 5. The lowest BCUT2D eigenvalue weighted by Gasteiger charge is -2.28. The van der Waals surface area contributed by atoms with E-state index >= 15 is 0 Å². The molecule has 2 heterocycles. The van der Waals surface area contributed by atoms with Crippen LogP contribution in [0.2, 0.25) is 4.34 Å². The Balaban J connectivity index is 1.97. The van der Waals surface area contributed by atoms with E-state index in [0.29, 0.717) is 33.9 Å². The Kier molecular flexibility index (Phi) is 6.17. The fourth-order valence-electron chi connectivity index (χ4n) is 2.97. The highest BCUT2D eigenvalue weighted by Gasteiger charge is 2.37. The molecule has 158 valence electrons. The number of nitrogens with one attached hydrogen (secondary N) is 1. The maximum Gasteiger partial charge on any atom is 0.271 e. The molecule has 0 fully saturated rings. The number of fused-ring (bicyclic) bond motifs is 1. The Morgan fingerprint density at radius 1 is 1.28 bits per heavy atom. The fraction of sp³-hybridized carbons (Fsp3) is 0.450. The zero-order valence-electron chi connectivity index (χ0n) is 16.9. The van der Waals surface area contributed by atoms with Gasteiger partial charge in [0.05, 0.1) is 21.1 Å². The highest BCUT2D eigenvalue weighted by molar-refractivity contribution is 7.94. The van der Waals surface area contributed by atoms with E-state index < -0.39 is 15.4 Å². The minimum atomic E-state index is -3.77. The summed E-state index contributed by atoms with van der Waals surface area (Å²) in [6, 6.07) is 7.99. The number of benzene rings is 1. The molecule has 0 saturated heterocycles. The van der Waals surface area contributed by atoms with Gasteiger partial charge in [-0.2, -0.15) is 0 Å². The van der Waals surface area contributed by atoms with Gasteiger partial charge < -0.3 is 9.64 Å². The molecule has 2 aromatic rings. The monoisotopic (exact) mass is 456 g/mol. The molecule has 0 atom stereocenters. The third-order valence-electron chi connectivity index (χ3n) is 4.66. The van der Waals surface area contributed by atoms with Gasteiger partial charge in [0.25, 0.3) is 10.0 Å². The summed E-state index contributed by atoms with van der Waals surface area (Å²) in [5.74, 6) is 0.945. The van der Waals surface area contributed by atoms with Crippen molar-refractivity contribution in [2.45, 2.75) is 38.3 Å². The number of sulfonamides is 1. The second kappa shape index (κ2) is 8.16. The normalized spacial score (nSPS) is 16.3. The van der Waals surface area contributed by atoms with Crippen molar-refractivity contribution in [2.24, 2.45) is 11.3 Å². The Bertz CT molecular complexity index is 1020. The topological polar surface area (TPSA) is 75.7 Å². The summed E-state index contributed by atoms with van der Waals surface area (Å²) in [4.78, 5) is 14.9. The molecule has 1 amide bonds. The van der Waals surface area contributed by atoms with E-state index in [0.717, 1.165) is 17.8 Å². The second-order valence-corrected chi connectivity index (χ2v) is 11.8. The predicted molar refractivity (Wildman–Crippen MR) is 118 cm³/mol. The maximum absolute atomic E-state index is 13.2. The molecule has 1 aliphatic rings. The maximum atomic E-state index is 13.2. The molecule has 29 heavy (non-hydrogen) atoms. The van der Waals surface area contributed by atoms with Crippen molar-refractivity contribution in [3.63, 3.8) is 0 Å². The molecule has 0 aliphatic carbocycles. The minimum Gasteiger partial charge on any atom is -0.490 e. The lowest BCUT2D eigenvalue weighted by atomic mass is 9.92. The van der Waals surface area contributed by atoms with Crippen LogP contribution in [0.3, 0.4) is 0 Å². The molecule has 1 N–H and O–H groups in total. The number of carbonyl (C=O) groups is 1. The van der Waals surface area contributed by atoms with Crippen LogP contribution in [-0.4, -0.2) is 27.5 Å². The molecule has 1 aromatic heterocycles. The molecule has 0 saturated carbocycles. The average molecular weight is 457 g/mol. The highest BCUT2D eigenvalue weighted by atomic mass is 35.5. The average Bonchev–Trinajstić information content (AvgIpc) is 3.04. The van der Waals surface area contributed by atoms with Crippen LogP contribution in [0.4, 0.5) is 11.4 Å². The fourth-order valence-corrected chi connectivity index (χ4v) is 5.50. The molecule has 3 rings (SSSR count). The first kappa shape index (κ1) is 21.9. The van der Waals surface area contributed by atoms with Crippen LogP contribution in [0.5, 0.6) is 5.75 Å². The van der Waals surface area contributed by atoms with Crippen LogP contribution >= 0.6 is 22.9 Å². The summed E-state index contributed by atoms with van der Waals surface area (Å²) in [5, 5.41) is 0. The van der Waals surface area contributed by atoms with Crippen LogP contribution in [0, 0.1) is 11.3 Å². The quantitative estimate of drug-likeness (QED) is 0.663. The predicted octanol–water partition coefficient (Wildman–Crippen LogP) is 5.00. The highest BCUT2D eigenvalue weighted by Crippen LogP contribution is 2.39. The van der Waals surface area contributed by atoms with E-state index in [9.17, 15) is 13.2 Å². The molecule has 9 heteroatoms. The molecule has 6 nitrogen and oxygen atoms in total. The van der Waals surface area contributed by atoms with Crippen molar-refractivity contribution in [3.8, 4) is 5.75 Å². The lowest BCUT2D eigenvalue weighted by Crippen LogP contribution is -2.42. The van der Waals surface area contributed by atoms with Gasteiger partial charge >= 0.3 is 0 Å². The van der Waals surface area contributed by atoms with Crippen molar-refractivity contribution in [1.29, 1.82) is 0 Å². The molecular weight excluding hydrogens is 432 g/mol. The van der Waals surface area contributed by atoms with Gasteiger partial charge in [0.2, 0.25) is 5.91 Å². The van der Waals surface area contributed by atoms with E-state index in [2.05, 4.69) is 18.6 Å². The van der Waals surface area contributed by atoms with Gasteiger partial charge in [-0.3, -0.25) is 9.52 Å². The Hall–Kier alpha value is -1.77. The zero-order valence-corrected chi connectivity index (χ0v) is 19.2. The number of nitrogens with zero attached hydrogens (tertiary/aromatic N) is 1. The first-order valence-corrected chi connectivity index (χ1v) is 12.0. The summed E-state index contributed by atoms with van der Waals surface area (Å²) in [7, 11) is -3.77. The van der Waals surface area contributed by atoms with Gasteiger partial charge in [-0.1, -0.05) is 25.4 Å².